The molecule has 2 fully saturated rings. The highest BCUT2D eigenvalue weighted by molar-refractivity contribution is 5.92. The number of ether oxygens (including phenoxy) is 2. The highest BCUT2D eigenvalue weighted by Gasteiger charge is 2.49. The molecule has 232 valence electrons. The van der Waals surface area contributed by atoms with Crippen molar-refractivity contribution in [3.63, 3.8) is 0 Å². The van der Waals surface area contributed by atoms with Crippen LogP contribution in [0.4, 0.5) is 13.2 Å². The summed E-state index contributed by atoms with van der Waals surface area (Å²) < 4.78 is 58.4. The minimum atomic E-state index is -1.06. The molecule has 1 aliphatic heterocycles. The van der Waals surface area contributed by atoms with E-state index in [1.54, 1.807) is 18.2 Å². The summed E-state index contributed by atoms with van der Waals surface area (Å²) in [6.07, 6.45) is 1.97. The van der Waals surface area contributed by atoms with Crippen molar-refractivity contribution >= 4 is 17.0 Å². The topological polar surface area (TPSA) is 110 Å². The van der Waals surface area contributed by atoms with E-state index < -0.39 is 23.4 Å². The van der Waals surface area contributed by atoms with Crippen molar-refractivity contribution in [1.29, 1.82) is 5.26 Å². The van der Waals surface area contributed by atoms with Crippen LogP contribution < -0.4 is 4.74 Å². The van der Waals surface area contributed by atoms with Crippen LogP contribution in [0.15, 0.2) is 66.7 Å². The molecule has 46 heavy (non-hydrogen) atoms. The summed E-state index contributed by atoms with van der Waals surface area (Å²) in [4.78, 5) is 20.7. The molecule has 11 heteroatoms. The van der Waals surface area contributed by atoms with Gasteiger partial charge in [-0.2, -0.15) is 5.26 Å². The van der Waals surface area contributed by atoms with Crippen LogP contribution in [0.3, 0.4) is 0 Å². The van der Waals surface area contributed by atoms with Gasteiger partial charge in [0, 0.05) is 35.6 Å². The van der Waals surface area contributed by atoms with Gasteiger partial charge >= 0.3 is 5.97 Å². The molecule has 0 atom stereocenters. The van der Waals surface area contributed by atoms with Gasteiger partial charge in [-0.1, -0.05) is 12.1 Å². The molecule has 2 aliphatic rings. The van der Waals surface area contributed by atoms with Gasteiger partial charge in [0.15, 0.2) is 0 Å². The van der Waals surface area contributed by atoms with E-state index in [1.165, 1.54) is 30.3 Å². The Morgan fingerprint density at radius 1 is 1.00 bits per heavy atom. The van der Waals surface area contributed by atoms with Gasteiger partial charge in [0.25, 0.3) is 0 Å². The number of fused-ring (bicyclic) bond motifs is 1. The monoisotopic (exact) mass is 624 g/mol. The zero-order valence-electron chi connectivity index (χ0n) is 24.5. The molecule has 1 spiro atoms. The summed E-state index contributed by atoms with van der Waals surface area (Å²) in [5.74, 6) is -2.06. The molecule has 7 rings (SSSR count). The summed E-state index contributed by atoms with van der Waals surface area (Å²) in [5, 5.41) is 18.5. The van der Waals surface area contributed by atoms with Crippen molar-refractivity contribution in [2.45, 2.75) is 32.4 Å². The van der Waals surface area contributed by atoms with E-state index in [9.17, 15) is 14.3 Å². The summed E-state index contributed by atoms with van der Waals surface area (Å²) in [7, 11) is 0. The van der Waals surface area contributed by atoms with Crippen LogP contribution in [0, 0.1) is 40.1 Å². The lowest BCUT2D eigenvalue weighted by molar-refractivity contribution is -0.180. The van der Waals surface area contributed by atoms with Gasteiger partial charge in [-0.3, -0.25) is 0 Å². The van der Waals surface area contributed by atoms with Crippen LogP contribution in [-0.2, 0) is 24.3 Å². The molecule has 1 N–H and O–H groups in total. The third-order valence-electron chi connectivity index (χ3n) is 8.82. The van der Waals surface area contributed by atoms with Gasteiger partial charge in [0.1, 0.15) is 29.9 Å². The second-order valence-electron chi connectivity index (χ2n) is 12.1. The number of rotatable bonds is 9. The van der Waals surface area contributed by atoms with Gasteiger partial charge in [-0.25, -0.2) is 27.9 Å². The molecule has 1 saturated heterocycles. The zero-order valence-corrected chi connectivity index (χ0v) is 24.5. The number of carboxylic acid groups (broad SMARTS) is 1. The third kappa shape index (κ3) is 5.56. The van der Waals surface area contributed by atoms with Crippen LogP contribution in [0.1, 0.15) is 45.7 Å². The molecule has 1 aliphatic carbocycles. The van der Waals surface area contributed by atoms with Crippen molar-refractivity contribution in [2.75, 3.05) is 13.2 Å². The molecule has 0 unspecified atom stereocenters. The quantitative estimate of drug-likeness (QED) is 0.195. The number of hydrogen-bond donors (Lipinski definition) is 1. The van der Waals surface area contributed by atoms with Gasteiger partial charge in [0.05, 0.1) is 47.1 Å². The lowest BCUT2D eigenvalue weighted by atomic mass is 9.60. The second-order valence-corrected chi connectivity index (χ2v) is 12.1. The Morgan fingerprint density at radius 3 is 2.52 bits per heavy atom. The van der Waals surface area contributed by atoms with Crippen molar-refractivity contribution in [3.05, 3.63) is 112 Å². The summed E-state index contributed by atoms with van der Waals surface area (Å²) in [5.41, 5.74) is 2.13. The maximum Gasteiger partial charge on any atom is 0.335 e. The van der Waals surface area contributed by atoms with Gasteiger partial charge < -0.3 is 19.1 Å². The summed E-state index contributed by atoms with van der Waals surface area (Å²) in [6, 6.07) is 17.4. The molecule has 0 radical (unpaired) electrons. The molecule has 8 nitrogen and oxygen atoms in total. The number of imidazole rings is 1. The van der Waals surface area contributed by atoms with Crippen LogP contribution in [0.2, 0.25) is 0 Å². The highest BCUT2D eigenvalue weighted by Crippen LogP contribution is 2.51. The molecule has 5 aromatic rings. The lowest BCUT2D eigenvalue weighted by Crippen LogP contribution is -2.53. The van der Waals surface area contributed by atoms with Crippen LogP contribution in [0.5, 0.6) is 5.88 Å². The fourth-order valence-electron chi connectivity index (χ4n) is 6.44. The second kappa shape index (κ2) is 11.6. The minimum absolute atomic E-state index is 0.00612. The number of benzene rings is 3. The van der Waals surface area contributed by atoms with Crippen molar-refractivity contribution in [2.24, 2.45) is 11.3 Å². The first-order valence-electron chi connectivity index (χ1n) is 14.8. The average Bonchev–Trinajstić information content (AvgIpc) is 3.34. The van der Waals surface area contributed by atoms with E-state index >= 15 is 8.78 Å². The normalized spacial score (nSPS) is 15.3. The molecule has 0 amide bonds. The van der Waals surface area contributed by atoms with Crippen molar-refractivity contribution in [1.82, 2.24) is 14.5 Å². The maximum atomic E-state index is 15.6. The van der Waals surface area contributed by atoms with E-state index in [4.69, 9.17) is 19.7 Å². The van der Waals surface area contributed by atoms with E-state index in [-0.39, 0.29) is 57.8 Å². The van der Waals surface area contributed by atoms with E-state index in [0.29, 0.717) is 29.3 Å². The number of pyridine rings is 1. The Labute approximate surface area is 261 Å². The number of halogens is 3. The molecule has 0 bridgehead atoms. The molecule has 3 aromatic carbocycles. The molecular formula is C35H27F3N4O4. The number of aromatic nitrogens is 3. The van der Waals surface area contributed by atoms with E-state index in [2.05, 4.69) is 4.98 Å². The number of aromatic carboxylic acids is 1. The number of hydrogen-bond acceptors (Lipinski definition) is 6. The van der Waals surface area contributed by atoms with Gasteiger partial charge in [0.2, 0.25) is 5.88 Å². The fourth-order valence-corrected chi connectivity index (χ4v) is 6.44. The molecule has 2 aromatic heterocycles. The minimum Gasteiger partial charge on any atom is -0.478 e. The lowest BCUT2D eigenvalue weighted by Gasteiger charge is -2.53. The predicted octanol–water partition coefficient (Wildman–Crippen LogP) is 6.68. The smallest absolute Gasteiger partial charge is 0.335 e. The first kappa shape index (κ1) is 29.5. The van der Waals surface area contributed by atoms with Crippen molar-refractivity contribution in [3.8, 4) is 23.2 Å². The first-order chi connectivity index (χ1) is 22.2. The Hall–Kier alpha value is -5.21. The number of nitriles is 1. The Kier molecular flexibility index (Phi) is 7.45. The molecule has 1 saturated carbocycles. The molecule has 3 heterocycles. The van der Waals surface area contributed by atoms with E-state index in [1.807, 2.05) is 10.6 Å². The first-order valence-corrected chi connectivity index (χ1v) is 14.8. The highest BCUT2D eigenvalue weighted by atomic mass is 19.1. The summed E-state index contributed by atoms with van der Waals surface area (Å²) >= 11 is 0. The zero-order chi connectivity index (χ0) is 32.0. The number of nitrogens with zero attached hydrogens (tertiary/aromatic N) is 4. The van der Waals surface area contributed by atoms with Crippen LogP contribution >= 0.6 is 0 Å². The van der Waals surface area contributed by atoms with Crippen LogP contribution in [-0.4, -0.2) is 38.8 Å². The maximum absolute atomic E-state index is 15.6. The van der Waals surface area contributed by atoms with E-state index in [0.717, 1.165) is 44.3 Å². The Morgan fingerprint density at radius 2 is 1.80 bits per heavy atom. The summed E-state index contributed by atoms with van der Waals surface area (Å²) in [6.45, 7) is 1.91. The van der Waals surface area contributed by atoms with Crippen LogP contribution in [0.25, 0.3) is 22.3 Å². The average molecular weight is 625 g/mol. The Balaban J connectivity index is 1.14. The standard InChI is InChI=1S/C35H27F3N4O4/c36-26-8-20(15-39)4-5-23(26)17-46-33-3-1-2-29(41-33)25-12-27(37)24(9-28(25)38)11-32-40-30-7-6-22(34(43)44)10-31(30)42(32)16-21-13-35(14-21)18-45-19-35/h1-10,12,21H,11,13-14,16-19H2,(H,43,44). The molecular weight excluding hydrogens is 597 g/mol. The fraction of sp³-hybridized carbons (Fsp3) is 0.257. The van der Waals surface area contributed by atoms with Gasteiger partial charge in [-0.15, -0.1) is 0 Å². The SMILES string of the molecule is N#Cc1ccc(COc2cccc(-c3cc(F)c(Cc4nc5ccc(C(=O)O)cc5n4CC4CC5(COC5)C4)cc3F)n2)c(F)c1. The number of carboxylic acids is 1. The van der Waals surface area contributed by atoms with Crippen molar-refractivity contribution < 1.29 is 32.5 Å². The van der Waals surface area contributed by atoms with Gasteiger partial charge in [-0.05, 0) is 72.9 Å². The third-order valence-corrected chi connectivity index (χ3v) is 8.82. The Bertz CT molecular complexity index is 2040. The number of carbonyl (C=O) groups is 1. The largest absolute Gasteiger partial charge is 0.478 e. The predicted molar refractivity (Wildman–Crippen MR) is 161 cm³/mol.